The highest BCUT2D eigenvalue weighted by molar-refractivity contribution is 7.67. The maximum absolute atomic E-state index is 6.84. The van der Waals surface area contributed by atoms with E-state index in [1.807, 2.05) is 0 Å². The van der Waals surface area contributed by atoms with Gasteiger partial charge in [-0.25, -0.2) is 0 Å². The quantitative estimate of drug-likeness (QED) is 0.206. The maximum Gasteiger partial charge on any atom is 0.122 e. The molecular weight excluding hydrogens is 498 g/mol. The number of hydrogen-bond acceptors (Lipinski definition) is 1. The molecule has 0 amide bonds. The highest BCUT2D eigenvalue weighted by Gasteiger charge is 2.34. The van der Waals surface area contributed by atoms with Gasteiger partial charge in [-0.15, -0.1) is 0 Å². The molecule has 0 unspecified atom stereocenters. The van der Waals surface area contributed by atoms with E-state index in [0.29, 0.717) is 0 Å². The summed E-state index contributed by atoms with van der Waals surface area (Å²) in [5, 5.41) is 1.69. The van der Waals surface area contributed by atoms with Crippen LogP contribution in [0.25, 0.3) is 5.76 Å². The molecule has 1 aromatic carbocycles. The van der Waals surface area contributed by atoms with Crippen LogP contribution in [0.4, 0.5) is 0 Å². The number of allylic oxidation sites excluding steroid dienone is 1. The Bertz CT molecular complexity index is 805. The van der Waals surface area contributed by atoms with Gasteiger partial charge in [-0.2, -0.15) is 0 Å². The molecule has 0 aliphatic heterocycles. The Kier molecular flexibility index (Phi) is 11.9. The Morgan fingerprint density at radius 1 is 0.658 bits per heavy atom. The molecular formula is C35H56OP2. The van der Waals surface area contributed by atoms with Gasteiger partial charge < -0.3 is 4.74 Å². The average Bonchev–Trinajstić information content (AvgIpc) is 3.00. The van der Waals surface area contributed by atoms with Crippen LogP contribution in [-0.2, 0) is 4.74 Å². The van der Waals surface area contributed by atoms with Crippen molar-refractivity contribution in [3.8, 4) is 0 Å². The van der Waals surface area contributed by atoms with Gasteiger partial charge in [0.15, 0.2) is 0 Å². The molecule has 0 aromatic heterocycles. The molecule has 4 aliphatic carbocycles. The van der Waals surface area contributed by atoms with Crippen LogP contribution in [-0.4, -0.2) is 35.4 Å². The first-order valence-corrected chi connectivity index (χ1v) is 19.9. The molecule has 0 heterocycles. The van der Waals surface area contributed by atoms with Crippen molar-refractivity contribution in [3.05, 3.63) is 35.9 Å². The van der Waals surface area contributed by atoms with Crippen molar-refractivity contribution in [2.75, 3.05) is 12.8 Å². The zero-order valence-electron chi connectivity index (χ0n) is 24.6. The van der Waals surface area contributed by atoms with Crippen LogP contribution >= 0.6 is 15.8 Å². The summed E-state index contributed by atoms with van der Waals surface area (Å²) in [7, 11) is -0.00626. The summed E-state index contributed by atoms with van der Waals surface area (Å²) in [4.78, 5) is 0. The summed E-state index contributed by atoms with van der Waals surface area (Å²) in [6.07, 6.45) is 33.2. The first-order valence-electron chi connectivity index (χ1n) is 16.8. The SMILES string of the molecule is C/C=C(\OCCP(C1CCCCC1)C1CCCCC1)c1ccccc1P(C1CCCCC1)C1CCCCC1. The van der Waals surface area contributed by atoms with E-state index in [2.05, 4.69) is 37.3 Å². The molecule has 0 atom stereocenters. The lowest BCUT2D eigenvalue weighted by molar-refractivity contribution is 0.299. The Hall–Kier alpha value is -0.380. The molecule has 0 saturated heterocycles. The van der Waals surface area contributed by atoms with Crippen molar-refractivity contribution >= 4 is 26.9 Å². The molecule has 1 nitrogen and oxygen atoms in total. The van der Waals surface area contributed by atoms with E-state index in [-0.39, 0.29) is 15.8 Å². The van der Waals surface area contributed by atoms with E-state index in [1.165, 1.54) is 146 Å². The Morgan fingerprint density at radius 3 is 1.58 bits per heavy atom. The maximum atomic E-state index is 6.84. The predicted molar refractivity (Wildman–Crippen MR) is 172 cm³/mol. The monoisotopic (exact) mass is 554 g/mol. The number of benzene rings is 1. The third kappa shape index (κ3) is 7.67. The fraction of sp³-hybridized carbons (Fsp3) is 0.771. The molecule has 4 aliphatic rings. The van der Waals surface area contributed by atoms with E-state index >= 15 is 0 Å². The summed E-state index contributed by atoms with van der Waals surface area (Å²) in [5.41, 5.74) is 5.38. The van der Waals surface area contributed by atoms with Gasteiger partial charge in [-0.05, 0) is 92.3 Å². The van der Waals surface area contributed by atoms with Crippen LogP contribution in [0.3, 0.4) is 0 Å². The fourth-order valence-electron chi connectivity index (χ4n) is 8.38. The van der Waals surface area contributed by atoms with Gasteiger partial charge in [-0.3, -0.25) is 0 Å². The van der Waals surface area contributed by atoms with E-state index < -0.39 is 0 Å². The Labute approximate surface area is 237 Å². The molecule has 3 heteroatoms. The minimum Gasteiger partial charge on any atom is -0.493 e. The highest BCUT2D eigenvalue weighted by atomic mass is 31.1. The molecule has 4 saturated carbocycles. The summed E-state index contributed by atoms with van der Waals surface area (Å²) in [6, 6.07) is 9.54. The molecule has 1 aromatic rings. The van der Waals surface area contributed by atoms with Crippen molar-refractivity contribution in [3.63, 3.8) is 0 Å². The Morgan fingerprint density at radius 2 is 1.11 bits per heavy atom. The van der Waals surface area contributed by atoms with Crippen LogP contribution in [0.5, 0.6) is 0 Å². The summed E-state index contributed by atoms with van der Waals surface area (Å²) < 4.78 is 6.84. The second-order valence-electron chi connectivity index (χ2n) is 12.8. The van der Waals surface area contributed by atoms with Crippen molar-refractivity contribution < 1.29 is 4.74 Å². The van der Waals surface area contributed by atoms with Crippen LogP contribution in [0.15, 0.2) is 30.3 Å². The van der Waals surface area contributed by atoms with Gasteiger partial charge in [0, 0.05) is 11.7 Å². The van der Waals surface area contributed by atoms with Crippen LogP contribution in [0, 0.1) is 0 Å². The average molecular weight is 555 g/mol. The smallest absolute Gasteiger partial charge is 0.122 e. The number of rotatable bonds is 10. The number of ether oxygens (including phenoxy) is 1. The van der Waals surface area contributed by atoms with Gasteiger partial charge in [0.2, 0.25) is 0 Å². The fourth-order valence-corrected chi connectivity index (χ4v) is 16.0. The molecule has 0 N–H and O–H groups in total. The van der Waals surface area contributed by atoms with E-state index in [4.69, 9.17) is 4.74 Å². The largest absolute Gasteiger partial charge is 0.493 e. The molecule has 5 rings (SSSR count). The molecule has 38 heavy (non-hydrogen) atoms. The van der Waals surface area contributed by atoms with Crippen molar-refractivity contribution in [1.82, 2.24) is 0 Å². The lowest BCUT2D eigenvalue weighted by atomic mass is 9.99. The zero-order chi connectivity index (χ0) is 26.0. The topological polar surface area (TPSA) is 9.23 Å². The Balaban J connectivity index is 1.31. The van der Waals surface area contributed by atoms with Crippen LogP contribution < -0.4 is 5.30 Å². The lowest BCUT2D eigenvalue weighted by Gasteiger charge is -2.40. The van der Waals surface area contributed by atoms with Gasteiger partial charge in [-0.1, -0.05) is 117 Å². The zero-order valence-corrected chi connectivity index (χ0v) is 26.3. The third-order valence-corrected chi connectivity index (χ3v) is 17.5. The molecule has 0 spiro atoms. The number of hydrogen-bond donors (Lipinski definition) is 0. The van der Waals surface area contributed by atoms with Gasteiger partial charge >= 0.3 is 0 Å². The van der Waals surface area contributed by atoms with E-state index in [9.17, 15) is 0 Å². The molecule has 4 fully saturated rings. The van der Waals surface area contributed by atoms with E-state index in [0.717, 1.165) is 29.2 Å². The normalized spacial score (nSPS) is 23.8. The van der Waals surface area contributed by atoms with Gasteiger partial charge in [0.25, 0.3) is 0 Å². The minimum absolute atomic E-state index is 0.110. The van der Waals surface area contributed by atoms with E-state index in [1.54, 1.807) is 5.30 Å². The molecule has 212 valence electrons. The van der Waals surface area contributed by atoms with Gasteiger partial charge in [0.05, 0.1) is 6.61 Å². The first kappa shape index (κ1) is 29.1. The van der Waals surface area contributed by atoms with Crippen LogP contribution in [0.2, 0.25) is 0 Å². The van der Waals surface area contributed by atoms with Crippen molar-refractivity contribution in [2.24, 2.45) is 0 Å². The highest BCUT2D eigenvalue weighted by Crippen LogP contribution is 2.57. The standard InChI is InChI=1S/C35H56OP2/c1-2-34(36-27-28-37(29-17-7-3-8-18-29)30-19-9-4-10-20-30)33-25-15-16-26-35(33)38(31-21-11-5-12-22-31)32-23-13-6-14-24-32/h2,15-16,25-26,29-32H,3-14,17-24,27-28H2,1H3/b34-2-. The van der Waals surface area contributed by atoms with Crippen molar-refractivity contribution in [1.29, 1.82) is 0 Å². The minimum atomic E-state index is -0.116. The summed E-state index contributed by atoms with van der Waals surface area (Å²) in [6.45, 7) is 3.16. The third-order valence-electron chi connectivity index (χ3n) is 10.3. The first-order chi connectivity index (χ1) is 18.8. The lowest BCUT2D eigenvalue weighted by Crippen LogP contribution is -2.28. The van der Waals surface area contributed by atoms with Gasteiger partial charge in [0.1, 0.15) is 5.76 Å². The molecule has 0 radical (unpaired) electrons. The second-order valence-corrected chi connectivity index (χ2v) is 18.5. The second kappa shape index (κ2) is 15.6. The van der Waals surface area contributed by atoms with Crippen molar-refractivity contribution in [2.45, 2.75) is 158 Å². The summed E-state index contributed by atoms with van der Waals surface area (Å²) >= 11 is 0. The predicted octanol–water partition coefficient (Wildman–Crippen LogP) is 11.0. The van der Waals surface area contributed by atoms with Crippen LogP contribution in [0.1, 0.15) is 141 Å². The summed E-state index contributed by atoms with van der Waals surface area (Å²) in [5.74, 6) is 1.20. The molecule has 0 bridgehead atoms.